The zero-order valence-corrected chi connectivity index (χ0v) is 11.8. The Kier molecular flexibility index (Phi) is 3.16. The Bertz CT molecular complexity index is 777. The maximum absolute atomic E-state index is 12.4. The Morgan fingerprint density at radius 2 is 2.24 bits per heavy atom. The second-order valence-electron chi connectivity index (χ2n) is 5.36. The molecule has 0 radical (unpaired) electrons. The number of rotatable bonds is 4. The van der Waals surface area contributed by atoms with Crippen LogP contribution in [-0.4, -0.2) is 28.2 Å². The number of nitrogens with one attached hydrogen (secondary N) is 1. The molecule has 1 unspecified atom stereocenters. The summed E-state index contributed by atoms with van der Waals surface area (Å²) in [6.45, 7) is 1.54. The SMILES string of the molecule is COc1nccc2[nH]c(=O)c(C(C)C(=O)O)c(C3CC3)c12. The number of ether oxygens (including phenoxy) is 1. The standard InChI is InChI=1S/C15H16N2O4/c1-7(15(19)20)10-11(8-3-4-8)12-9(17-13(10)18)5-6-16-14(12)21-2/h5-8H,3-4H2,1-2H3,(H,17,18)(H,19,20). The predicted molar refractivity (Wildman–Crippen MR) is 76.9 cm³/mol. The number of methoxy groups -OCH3 is 1. The smallest absolute Gasteiger partial charge is 0.310 e. The van der Waals surface area contributed by atoms with Gasteiger partial charge in [0, 0.05) is 11.8 Å². The van der Waals surface area contributed by atoms with Crippen LogP contribution in [0.2, 0.25) is 0 Å². The minimum absolute atomic E-state index is 0.213. The highest BCUT2D eigenvalue weighted by Crippen LogP contribution is 2.46. The third-order valence-corrected chi connectivity index (χ3v) is 3.95. The molecular formula is C15H16N2O4. The van der Waals surface area contributed by atoms with Crippen molar-refractivity contribution in [2.24, 2.45) is 0 Å². The molecule has 1 atom stereocenters. The molecule has 2 N–H and O–H groups in total. The third kappa shape index (κ3) is 2.16. The van der Waals surface area contributed by atoms with Crippen LogP contribution in [0.3, 0.4) is 0 Å². The first kappa shape index (κ1) is 13.6. The highest BCUT2D eigenvalue weighted by Gasteiger charge is 2.34. The van der Waals surface area contributed by atoms with Gasteiger partial charge in [0.1, 0.15) is 0 Å². The summed E-state index contributed by atoms with van der Waals surface area (Å²) < 4.78 is 5.30. The van der Waals surface area contributed by atoms with Gasteiger partial charge in [-0.2, -0.15) is 0 Å². The zero-order chi connectivity index (χ0) is 15.1. The van der Waals surface area contributed by atoms with Crippen LogP contribution in [0.5, 0.6) is 5.88 Å². The summed E-state index contributed by atoms with van der Waals surface area (Å²) in [5.74, 6) is -1.24. The van der Waals surface area contributed by atoms with Gasteiger partial charge in [-0.3, -0.25) is 9.59 Å². The van der Waals surface area contributed by atoms with E-state index in [-0.39, 0.29) is 11.5 Å². The van der Waals surface area contributed by atoms with Crippen molar-refractivity contribution in [3.05, 3.63) is 33.7 Å². The van der Waals surface area contributed by atoms with E-state index in [0.29, 0.717) is 17.0 Å². The minimum atomic E-state index is -1.01. The first-order chi connectivity index (χ1) is 10.0. The van der Waals surface area contributed by atoms with E-state index in [0.717, 1.165) is 23.8 Å². The van der Waals surface area contributed by atoms with Crippen LogP contribution in [0.25, 0.3) is 10.9 Å². The predicted octanol–water partition coefficient (Wildman–Crippen LogP) is 2.00. The fourth-order valence-electron chi connectivity index (χ4n) is 2.76. The maximum Gasteiger partial charge on any atom is 0.310 e. The molecule has 2 aromatic rings. The summed E-state index contributed by atoms with van der Waals surface area (Å²) in [6, 6.07) is 1.71. The van der Waals surface area contributed by atoms with Gasteiger partial charge in [0.25, 0.3) is 5.56 Å². The Labute approximate surface area is 120 Å². The average molecular weight is 288 g/mol. The van der Waals surface area contributed by atoms with E-state index in [1.165, 1.54) is 14.0 Å². The van der Waals surface area contributed by atoms with Crippen LogP contribution in [0, 0.1) is 0 Å². The molecule has 1 aliphatic carbocycles. The second kappa shape index (κ2) is 4.87. The number of nitrogens with zero attached hydrogens (tertiary/aromatic N) is 1. The number of aliphatic carboxylic acids is 1. The van der Waals surface area contributed by atoms with Crippen LogP contribution >= 0.6 is 0 Å². The van der Waals surface area contributed by atoms with Gasteiger partial charge in [0.2, 0.25) is 5.88 Å². The van der Waals surface area contributed by atoms with Crippen molar-refractivity contribution in [3.63, 3.8) is 0 Å². The van der Waals surface area contributed by atoms with E-state index in [1.54, 1.807) is 12.3 Å². The summed E-state index contributed by atoms with van der Waals surface area (Å²) in [5, 5.41) is 10.0. The number of aromatic nitrogens is 2. The lowest BCUT2D eigenvalue weighted by Crippen LogP contribution is -2.23. The van der Waals surface area contributed by atoms with Crippen molar-refractivity contribution in [1.29, 1.82) is 0 Å². The number of carboxylic acid groups (broad SMARTS) is 1. The van der Waals surface area contributed by atoms with Crippen molar-refractivity contribution in [2.45, 2.75) is 31.6 Å². The van der Waals surface area contributed by atoms with Crippen LogP contribution < -0.4 is 10.3 Å². The van der Waals surface area contributed by atoms with Gasteiger partial charge in [0.05, 0.1) is 23.9 Å². The monoisotopic (exact) mass is 288 g/mol. The summed E-state index contributed by atoms with van der Waals surface area (Å²) in [4.78, 5) is 30.6. The van der Waals surface area contributed by atoms with Gasteiger partial charge in [-0.05, 0) is 37.3 Å². The van der Waals surface area contributed by atoms with Crippen molar-refractivity contribution >= 4 is 16.9 Å². The molecule has 1 saturated carbocycles. The first-order valence-corrected chi connectivity index (χ1v) is 6.86. The molecule has 0 amide bonds. The fraction of sp³-hybridized carbons (Fsp3) is 0.400. The molecule has 3 rings (SSSR count). The van der Waals surface area contributed by atoms with E-state index in [4.69, 9.17) is 4.74 Å². The van der Waals surface area contributed by atoms with Gasteiger partial charge >= 0.3 is 5.97 Å². The lowest BCUT2D eigenvalue weighted by molar-refractivity contribution is -0.138. The van der Waals surface area contributed by atoms with Gasteiger partial charge < -0.3 is 14.8 Å². The number of carboxylic acids is 1. The van der Waals surface area contributed by atoms with E-state index in [1.807, 2.05) is 0 Å². The highest BCUT2D eigenvalue weighted by molar-refractivity contribution is 5.90. The normalized spacial score (nSPS) is 15.9. The van der Waals surface area contributed by atoms with Crippen LogP contribution in [0.1, 0.15) is 42.7 Å². The van der Waals surface area contributed by atoms with E-state index in [9.17, 15) is 14.7 Å². The molecule has 1 aliphatic rings. The molecule has 6 nitrogen and oxygen atoms in total. The summed E-state index contributed by atoms with van der Waals surface area (Å²) in [6.07, 6.45) is 3.47. The van der Waals surface area contributed by atoms with E-state index in [2.05, 4.69) is 9.97 Å². The molecule has 0 saturated heterocycles. The number of hydrogen-bond donors (Lipinski definition) is 2. The lowest BCUT2D eigenvalue weighted by Gasteiger charge is -2.16. The van der Waals surface area contributed by atoms with Crippen molar-refractivity contribution in [2.75, 3.05) is 7.11 Å². The molecular weight excluding hydrogens is 272 g/mol. The Balaban J connectivity index is 2.42. The molecule has 110 valence electrons. The quantitative estimate of drug-likeness (QED) is 0.897. The molecule has 2 aromatic heterocycles. The zero-order valence-electron chi connectivity index (χ0n) is 11.8. The van der Waals surface area contributed by atoms with Gasteiger partial charge in [-0.1, -0.05) is 0 Å². The summed E-state index contributed by atoms with van der Waals surface area (Å²) in [7, 11) is 1.52. The Hall–Kier alpha value is -2.37. The fourth-order valence-corrected chi connectivity index (χ4v) is 2.76. The average Bonchev–Trinajstić information content (AvgIpc) is 3.28. The van der Waals surface area contributed by atoms with Gasteiger partial charge in [-0.25, -0.2) is 4.98 Å². The van der Waals surface area contributed by atoms with Crippen LogP contribution in [0.15, 0.2) is 17.1 Å². The largest absolute Gasteiger partial charge is 0.481 e. The number of carbonyl (C=O) groups is 1. The molecule has 0 bridgehead atoms. The molecule has 0 spiro atoms. The Morgan fingerprint density at radius 1 is 1.52 bits per heavy atom. The summed E-state index contributed by atoms with van der Waals surface area (Å²) >= 11 is 0. The van der Waals surface area contributed by atoms with Crippen LogP contribution in [0.4, 0.5) is 0 Å². The molecule has 6 heteroatoms. The molecule has 2 heterocycles. The number of pyridine rings is 2. The third-order valence-electron chi connectivity index (χ3n) is 3.95. The number of hydrogen-bond acceptors (Lipinski definition) is 4. The number of aromatic amines is 1. The van der Waals surface area contributed by atoms with Gasteiger partial charge in [-0.15, -0.1) is 0 Å². The van der Waals surface area contributed by atoms with E-state index >= 15 is 0 Å². The van der Waals surface area contributed by atoms with Crippen LogP contribution in [-0.2, 0) is 4.79 Å². The first-order valence-electron chi connectivity index (χ1n) is 6.86. The lowest BCUT2D eigenvalue weighted by atomic mass is 9.92. The maximum atomic E-state index is 12.4. The van der Waals surface area contributed by atoms with Crippen molar-refractivity contribution in [3.8, 4) is 5.88 Å². The molecule has 0 aromatic carbocycles. The molecule has 21 heavy (non-hydrogen) atoms. The van der Waals surface area contributed by atoms with E-state index < -0.39 is 11.9 Å². The van der Waals surface area contributed by atoms with Crippen molar-refractivity contribution < 1.29 is 14.6 Å². The molecule has 0 aliphatic heterocycles. The topological polar surface area (TPSA) is 92.3 Å². The van der Waals surface area contributed by atoms with Gasteiger partial charge in [0.15, 0.2) is 0 Å². The highest BCUT2D eigenvalue weighted by atomic mass is 16.5. The second-order valence-corrected chi connectivity index (χ2v) is 5.36. The number of fused-ring (bicyclic) bond motifs is 1. The minimum Gasteiger partial charge on any atom is -0.481 e. The molecule has 1 fully saturated rings. The van der Waals surface area contributed by atoms with Crippen molar-refractivity contribution in [1.82, 2.24) is 9.97 Å². The summed E-state index contributed by atoms with van der Waals surface area (Å²) in [5.41, 5.74) is 1.40. The Morgan fingerprint density at radius 3 is 2.81 bits per heavy atom. The number of H-pyrrole nitrogens is 1.